The van der Waals surface area contributed by atoms with Crippen molar-refractivity contribution in [2.75, 3.05) is 0 Å². The molecule has 0 radical (unpaired) electrons. The zero-order chi connectivity index (χ0) is 8.81. The molecule has 0 aliphatic carbocycles. The molecular formula is C9H15NOS. The van der Waals surface area contributed by atoms with Crippen molar-refractivity contribution in [3.05, 3.63) is 16.6 Å². The van der Waals surface area contributed by atoms with Crippen molar-refractivity contribution in [2.45, 2.75) is 38.7 Å². The molecule has 1 unspecified atom stereocenters. The predicted octanol–water partition coefficient (Wildman–Crippen LogP) is 2.76. The molecule has 1 N–H and O–H groups in total. The van der Waals surface area contributed by atoms with Crippen LogP contribution in [0, 0.1) is 0 Å². The maximum absolute atomic E-state index is 9.58. The highest BCUT2D eigenvalue weighted by molar-refractivity contribution is 7.07. The van der Waals surface area contributed by atoms with Crippen molar-refractivity contribution in [3.63, 3.8) is 0 Å². The van der Waals surface area contributed by atoms with Gasteiger partial charge in [-0.2, -0.15) is 0 Å². The number of hydrogen-bond acceptors (Lipinski definition) is 3. The summed E-state index contributed by atoms with van der Waals surface area (Å²) in [7, 11) is 0. The summed E-state index contributed by atoms with van der Waals surface area (Å²) in [6.07, 6.45) is 3.99. The summed E-state index contributed by atoms with van der Waals surface area (Å²) in [6.45, 7) is 2.16. The van der Waals surface area contributed by atoms with Crippen LogP contribution in [0.5, 0.6) is 0 Å². The van der Waals surface area contributed by atoms with E-state index in [4.69, 9.17) is 0 Å². The fourth-order valence-corrected chi connectivity index (χ4v) is 1.72. The van der Waals surface area contributed by atoms with Gasteiger partial charge in [0.25, 0.3) is 0 Å². The van der Waals surface area contributed by atoms with E-state index in [-0.39, 0.29) is 6.10 Å². The Bertz CT molecular complexity index is 198. The lowest BCUT2D eigenvalue weighted by atomic mass is 10.1. The van der Waals surface area contributed by atoms with Gasteiger partial charge in [-0.25, -0.2) is 4.98 Å². The van der Waals surface area contributed by atoms with Gasteiger partial charge in [-0.1, -0.05) is 26.2 Å². The van der Waals surface area contributed by atoms with Gasteiger partial charge >= 0.3 is 0 Å². The third kappa shape index (κ3) is 2.91. The molecule has 0 aliphatic heterocycles. The van der Waals surface area contributed by atoms with Crippen molar-refractivity contribution in [2.24, 2.45) is 0 Å². The second-order valence-electron chi connectivity index (χ2n) is 2.92. The number of aliphatic hydroxyl groups is 1. The molecule has 68 valence electrons. The van der Waals surface area contributed by atoms with Gasteiger partial charge < -0.3 is 5.11 Å². The second-order valence-corrected chi connectivity index (χ2v) is 3.64. The molecule has 1 aromatic rings. The van der Waals surface area contributed by atoms with Gasteiger partial charge in [-0.05, 0) is 6.42 Å². The van der Waals surface area contributed by atoms with Gasteiger partial charge in [0.05, 0.1) is 17.3 Å². The highest BCUT2D eigenvalue weighted by Crippen LogP contribution is 2.18. The summed E-state index contributed by atoms with van der Waals surface area (Å²) in [6, 6.07) is 0. The van der Waals surface area contributed by atoms with Crippen molar-refractivity contribution in [3.8, 4) is 0 Å². The predicted molar refractivity (Wildman–Crippen MR) is 51.2 cm³/mol. The lowest BCUT2D eigenvalue weighted by Gasteiger charge is -2.05. The molecule has 0 spiro atoms. The number of rotatable bonds is 5. The molecular weight excluding hydrogens is 170 g/mol. The maximum Gasteiger partial charge on any atom is 0.0968 e. The third-order valence-electron chi connectivity index (χ3n) is 1.87. The minimum atomic E-state index is -0.345. The highest BCUT2D eigenvalue weighted by atomic mass is 32.1. The third-order valence-corrected chi connectivity index (χ3v) is 2.48. The average molecular weight is 185 g/mol. The molecule has 1 rings (SSSR count). The number of thiazole rings is 1. The van der Waals surface area contributed by atoms with E-state index in [1.54, 1.807) is 5.51 Å². The SMILES string of the molecule is CCCCCC(O)c1cscn1. The molecule has 1 atom stereocenters. The molecule has 0 amide bonds. The molecule has 3 heteroatoms. The molecule has 0 aliphatic rings. The molecule has 12 heavy (non-hydrogen) atoms. The lowest BCUT2D eigenvalue weighted by Crippen LogP contribution is -1.96. The van der Waals surface area contributed by atoms with Crippen LogP contribution >= 0.6 is 11.3 Å². The Labute approximate surface area is 77.3 Å². The van der Waals surface area contributed by atoms with E-state index in [0.717, 1.165) is 18.5 Å². The van der Waals surface area contributed by atoms with Crippen LogP contribution in [-0.2, 0) is 0 Å². The topological polar surface area (TPSA) is 33.1 Å². The maximum atomic E-state index is 9.58. The summed E-state index contributed by atoms with van der Waals surface area (Å²) < 4.78 is 0. The zero-order valence-electron chi connectivity index (χ0n) is 7.36. The van der Waals surface area contributed by atoms with Gasteiger partial charge in [0.1, 0.15) is 0 Å². The summed E-state index contributed by atoms with van der Waals surface area (Å²) in [5, 5.41) is 11.5. The van der Waals surface area contributed by atoms with Gasteiger partial charge in [-0.15, -0.1) is 11.3 Å². The molecule has 0 saturated heterocycles. The first kappa shape index (κ1) is 9.68. The molecule has 2 nitrogen and oxygen atoms in total. The van der Waals surface area contributed by atoms with Crippen LogP contribution in [0.2, 0.25) is 0 Å². The first-order valence-corrected chi connectivity index (χ1v) is 5.35. The average Bonchev–Trinajstić information content (AvgIpc) is 2.56. The number of hydrogen-bond donors (Lipinski definition) is 1. The van der Waals surface area contributed by atoms with Crippen LogP contribution in [0.4, 0.5) is 0 Å². The first-order chi connectivity index (χ1) is 5.84. The van der Waals surface area contributed by atoms with E-state index >= 15 is 0 Å². The van der Waals surface area contributed by atoms with Crippen LogP contribution in [0.1, 0.15) is 44.4 Å². The number of aromatic nitrogens is 1. The largest absolute Gasteiger partial charge is 0.387 e. The van der Waals surface area contributed by atoms with Crippen molar-refractivity contribution in [1.29, 1.82) is 0 Å². The molecule has 0 bridgehead atoms. The van der Waals surface area contributed by atoms with E-state index in [1.165, 1.54) is 24.2 Å². The van der Waals surface area contributed by atoms with Crippen LogP contribution in [-0.4, -0.2) is 10.1 Å². The molecule has 1 aromatic heterocycles. The normalized spacial score (nSPS) is 13.2. The van der Waals surface area contributed by atoms with E-state index in [9.17, 15) is 5.11 Å². The van der Waals surface area contributed by atoms with Crippen LogP contribution in [0.3, 0.4) is 0 Å². The fraction of sp³-hybridized carbons (Fsp3) is 0.667. The van der Waals surface area contributed by atoms with Crippen molar-refractivity contribution >= 4 is 11.3 Å². The summed E-state index contributed by atoms with van der Waals surface area (Å²) in [5.74, 6) is 0. The Morgan fingerprint density at radius 1 is 1.58 bits per heavy atom. The Hall–Kier alpha value is -0.410. The van der Waals surface area contributed by atoms with Gasteiger partial charge in [0.2, 0.25) is 0 Å². The van der Waals surface area contributed by atoms with E-state index in [2.05, 4.69) is 11.9 Å². The smallest absolute Gasteiger partial charge is 0.0968 e. The monoisotopic (exact) mass is 185 g/mol. The minimum absolute atomic E-state index is 0.345. The van der Waals surface area contributed by atoms with Crippen molar-refractivity contribution in [1.82, 2.24) is 4.98 Å². The van der Waals surface area contributed by atoms with Gasteiger partial charge in [0, 0.05) is 5.38 Å². The van der Waals surface area contributed by atoms with Crippen LogP contribution < -0.4 is 0 Å². The summed E-state index contributed by atoms with van der Waals surface area (Å²) in [5.41, 5.74) is 2.59. The van der Waals surface area contributed by atoms with Gasteiger partial charge in [0.15, 0.2) is 0 Å². The number of unbranched alkanes of at least 4 members (excludes halogenated alkanes) is 2. The Morgan fingerprint density at radius 2 is 2.42 bits per heavy atom. The summed E-state index contributed by atoms with van der Waals surface area (Å²) >= 11 is 1.54. The van der Waals surface area contributed by atoms with E-state index < -0.39 is 0 Å². The second kappa shape index (κ2) is 5.27. The molecule has 0 saturated carbocycles. The lowest BCUT2D eigenvalue weighted by molar-refractivity contribution is 0.159. The van der Waals surface area contributed by atoms with Crippen LogP contribution in [0.25, 0.3) is 0 Å². The number of aliphatic hydroxyl groups excluding tert-OH is 1. The first-order valence-electron chi connectivity index (χ1n) is 4.40. The van der Waals surface area contributed by atoms with E-state index in [1.807, 2.05) is 5.38 Å². The fourth-order valence-electron chi connectivity index (χ4n) is 1.12. The molecule has 1 heterocycles. The summed E-state index contributed by atoms with van der Waals surface area (Å²) in [4.78, 5) is 4.06. The Kier molecular flexibility index (Phi) is 4.25. The standard InChI is InChI=1S/C9H15NOS/c1-2-3-4-5-9(11)8-6-12-7-10-8/h6-7,9,11H,2-5H2,1H3. The Morgan fingerprint density at radius 3 is 3.00 bits per heavy atom. The number of nitrogens with zero attached hydrogens (tertiary/aromatic N) is 1. The van der Waals surface area contributed by atoms with E-state index in [0.29, 0.717) is 0 Å². The highest BCUT2D eigenvalue weighted by Gasteiger charge is 2.07. The zero-order valence-corrected chi connectivity index (χ0v) is 8.18. The quantitative estimate of drug-likeness (QED) is 0.715. The van der Waals surface area contributed by atoms with Crippen molar-refractivity contribution < 1.29 is 5.11 Å². The Balaban J connectivity index is 2.25. The van der Waals surface area contributed by atoms with Crippen LogP contribution in [0.15, 0.2) is 10.9 Å². The molecule has 0 fully saturated rings. The molecule has 0 aromatic carbocycles. The minimum Gasteiger partial charge on any atom is -0.387 e. The van der Waals surface area contributed by atoms with Gasteiger partial charge in [-0.3, -0.25) is 0 Å².